The maximum atomic E-state index is 13.6. The number of methoxy groups -OCH3 is 1. The number of amides is 1. The second kappa shape index (κ2) is 12.9. The smallest absolute Gasteiger partial charge is 0.317 e. The van der Waals surface area contributed by atoms with Gasteiger partial charge in [0.15, 0.2) is 0 Å². The molecular formula is C36H43ClN2O7. The molecule has 4 aliphatic rings. The molecule has 46 heavy (non-hydrogen) atoms. The van der Waals surface area contributed by atoms with Gasteiger partial charge < -0.3 is 29.5 Å². The molecule has 2 aromatic carbocycles. The Morgan fingerprint density at radius 1 is 1.17 bits per heavy atom. The minimum atomic E-state index is -1.74. The highest BCUT2D eigenvalue weighted by Gasteiger charge is 2.48. The first-order chi connectivity index (χ1) is 22.0. The fourth-order valence-corrected chi connectivity index (χ4v) is 8.31. The van der Waals surface area contributed by atoms with Crippen LogP contribution in [0.4, 0.5) is 5.69 Å². The number of esters is 1. The molecule has 0 saturated heterocycles. The molecule has 1 spiro atoms. The molecule has 5 atom stereocenters. The number of nitrogens with zero attached hydrogens (tertiary/aromatic N) is 2. The van der Waals surface area contributed by atoms with Crippen LogP contribution in [-0.4, -0.2) is 79.5 Å². The van der Waals surface area contributed by atoms with E-state index in [0.717, 1.165) is 37.8 Å². The molecular weight excluding hydrogens is 608 g/mol. The molecule has 1 amide bonds. The molecule has 246 valence electrons. The maximum Gasteiger partial charge on any atom is 0.317 e. The van der Waals surface area contributed by atoms with Crippen LogP contribution in [0.15, 0.2) is 48.6 Å². The molecule has 1 fully saturated rings. The molecule has 0 radical (unpaired) electrons. The van der Waals surface area contributed by atoms with Crippen LogP contribution < -0.4 is 9.64 Å². The predicted molar refractivity (Wildman–Crippen MR) is 174 cm³/mol. The van der Waals surface area contributed by atoms with Crippen molar-refractivity contribution in [3.63, 3.8) is 0 Å². The fraction of sp³-hybridized carbons (Fsp3) is 0.528. The van der Waals surface area contributed by atoms with Gasteiger partial charge in [-0.15, -0.1) is 0 Å². The van der Waals surface area contributed by atoms with E-state index in [1.807, 2.05) is 24.3 Å². The molecule has 9 nitrogen and oxygen atoms in total. The molecule has 2 aliphatic heterocycles. The summed E-state index contributed by atoms with van der Waals surface area (Å²) in [7, 11) is 2.86. The number of aliphatic hydroxyl groups is 1. The van der Waals surface area contributed by atoms with Crippen molar-refractivity contribution in [3.8, 4) is 5.75 Å². The number of benzene rings is 2. The number of carboxylic acid groups (broad SMARTS) is 1. The first kappa shape index (κ1) is 32.4. The lowest BCUT2D eigenvalue weighted by atomic mass is 9.68. The summed E-state index contributed by atoms with van der Waals surface area (Å²) >= 11 is 6.42. The SMILES string of the molecule is COC(=O)[C@]1(CC(=O)O)CC(=O)N(C)CC/C=C/C(O)[C@@H]2CC[C@H]2CN2C[C@@]3(CCCc4cc(Cl)ccc43)COc3ccc1cc32. The van der Waals surface area contributed by atoms with E-state index in [1.165, 1.54) is 23.1 Å². The number of hydrogen-bond donors (Lipinski definition) is 2. The Bertz CT molecular complexity index is 1540. The Balaban J connectivity index is 1.51. The number of carbonyl (C=O) groups excluding carboxylic acids is 2. The third kappa shape index (κ3) is 5.99. The van der Waals surface area contributed by atoms with Crippen molar-refractivity contribution in [1.29, 1.82) is 0 Å². The average Bonchev–Trinajstić information content (AvgIpc) is 3.16. The van der Waals surface area contributed by atoms with E-state index < -0.39 is 29.9 Å². The number of halogens is 1. The van der Waals surface area contributed by atoms with Gasteiger partial charge in [0.25, 0.3) is 0 Å². The van der Waals surface area contributed by atoms with Gasteiger partial charge in [-0.25, -0.2) is 0 Å². The number of hydrogen-bond acceptors (Lipinski definition) is 7. The number of aliphatic carboxylic acids is 1. The molecule has 2 bridgehead atoms. The zero-order chi connectivity index (χ0) is 32.6. The van der Waals surface area contributed by atoms with E-state index in [2.05, 4.69) is 17.0 Å². The van der Waals surface area contributed by atoms with Crippen molar-refractivity contribution in [2.45, 2.75) is 68.3 Å². The number of aliphatic hydroxyl groups excluding tert-OH is 1. The number of carboxylic acids is 1. The van der Waals surface area contributed by atoms with Gasteiger partial charge in [0.05, 0.1) is 31.9 Å². The normalized spacial score (nSPS) is 30.3. The summed E-state index contributed by atoms with van der Waals surface area (Å²) in [5, 5.41) is 21.9. The van der Waals surface area contributed by atoms with Gasteiger partial charge >= 0.3 is 11.9 Å². The second-order valence-corrected chi connectivity index (χ2v) is 14.1. The Kier molecular flexibility index (Phi) is 9.09. The van der Waals surface area contributed by atoms with Crippen LogP contribution in [0.3, 0.4) is 0 Å². The zero-order valence-electron chi connectivity index (χ0n) is 26.5. The van der Waals surface area contributed by atoms with Crippen LogP contribution in [-0.2, 0) is 36.4 Å². The van der Waals surface area contributed by atoms with Gasteiger partial charge in [-0.2, -0.15) is 0 Å². The predicted octanol–water partition coefficient (Wildman–Crippen LogP) is 4.89. The lowest BCUT2D eigenvalue weighted by Crippen LogP contribution is -2.49. The molecule has 6 rings (SSSR count). The number of fused-ring (bicyclic) bond motifs is 4. The summed E-state index contributed by atoms with van der Waals surface area (Å²) in [6, 6.07) is 11.5. The van der Waals surface area contributed by atoms with E-state index in [4.69, 9.17) is 21.1 Å². The van der Waals surface area contributed by atoms with Crippen LogP contribution in [0.1, 0.15) is 61.6 Å². The van der Waals surface area contributed by atoms with Crippen molar-refractivity contribution in [3.05, 3.63) is 70.3 Å². The summed E-state index contributed by atoms with van der Waals surface area (Å²) < 4.78 is 11.9. The first-order valence-electron chi connectivity index (χ1n) is 16.3. The van der Waals surface area contributed by atoms with E-state index in [0.29, 0.717) is 49.0 Å². The minimum Gasteiger partial charge on any atom is -0.490 e. The Labute approximate surface area is 275 Å². The Hall–Kier alpha value is -3.56. The number of carbonyl (C=O) groups is 3. The van der Waals surface area contributed by atoms with Gasteiger partial charge in [0.2, 0.25) is 5.91 Å². The molecule has 10 heteroatoms. The molecule has 1 unspecified atom stereocenters. The van der Waals surface area contributed by atoms with Crippen molar-refractivity contribution < 1.29 is 34.1 Å². The topological polar surface area (TPSA) is 117 Å². The lowest BCUT2D eigenvalue weighted by Gasteiger charge is -2.45. The summed E-state index contributed by atoms with van der Waals surface area (Å²) in [5.74, 6) is -1.39. The van der Waals surface area contributed by atoms with E-state index in [1.54, 1.807) is 19.2 Å². The molecule has 2 aromatic rings. The van der Waals surface area contributed by atoms with Gasteiger partial charge in [0, 0.05) is 43.5 Å². The summed E-state index contributed by atoms with van der Waals surface area (Å²) in [6.45, 7) is 2.11. The summed E-state index contributed by atoms with van der Waals surface area (Å²) in [6.07, 6.45) is 7.45. The van der Waals surface area contributed by atoms with Crippen LogP contribution in [0.5, 0.6) is 5.75 Å². The van der Waals surface area contributed by atoms with Crippen molar-refractivity contribution in [1.82, 2.24) is 4.90 Å². The lowest BCUT2D eigenvalue weighted by molar-refractivity contribution is -0.155. The number of anilines is 1. The largest absolute Gasteiger partial charge is 0.490 e. The van der Waals surface area contributed by atoms with Gasteiger partial charge in [-0.3, -0.25) is 14.4 Å². The summed E-state index contributed by atoms with van der Waals surface area (Å²) in [4.78, 5) is 43.4. The van der Waals surface area contributed by atoms with Crippen molar-refractivity contribution in [2.24, 2.45) is 11.8 Å². The molecule has 0 aromatic heterocycles. The van der Waals surface area contributed by atoms with Gasteiger partial charge in [0.1, 0.15) is 11.2 Å². The standard InChI is InChI=1S/C36H43ClN2O7/c1-38-15-4-3-7-30(40)27-11-8-24(27)20-39-21-35(14-5-6-23-16-26(37)10-12-28(23)35)22-46-31-13-9-25(17-29(31)39)36(18-32(38)41,19-33(42)43)34(44)45-2/h3,7,9-10,12-13,16-17,24,27,30,40H,4-6,8,11,14-15,18-22H2,1-2H3,(H,42,43)/b7-3+/t24-,27+,30?,35-,36-/m0/s1. The van der Waals surface area contributed by atoms with Crippen LogP contribution in [0, 0.1) is 11.8 Å². The van der Waals surface area contributed by atoms with Crippen LogP contribution in [0.2, 0.25) is 5.02 Å². The number of rotatable bonds is 3. The third-order valence-electron chi connectivity index (χ3n) is 10.8. The van der Waals surface area contributed by atoms with Crippen molar-refractivity contribution in [2.75, 3.05) is 45.3 Å². The zero-order valence-corrected chi connectivity index (χ0v) is 27.3. The van der Waals surface area contributed by atoms with Crippen LogP contribution >= 0.6 is 11.6 Å². The monoisotopic (exact) mass is 650 g/mol. The summed E-state index contributed by atoms with van der Waals surface area (Å²) in [5.41, 5.74) is 1.53. The highest BCUT2D eigenvalue weighted by Crippen LogP contribution is 2.48. The Morgan fingerprint density at radius 3 is 2.74 bits per heavy atom. The maximum absolute atomic E-state index is 13.6. The van der Waals surface area contributed by atoms with E-state index in [-0.39, 0.29) is 29.6 Å². The average molecular weight is 651 g/mol. The minimum absolute atomic E-state index is 0.0916. The highest BCUT2D eigenvalue weighted by atomic mass is 35.5. The second-order valence-electron chi connectivity index (χ2n) is 13.6. The van der Waals surface area contributed by atoms with Crippen molar-refractivity contribution >= 4 is 35.1 Å². The third-order valence-corrected chi connectivity index (χ3v) is 11.1. The first-order valence-corrected chi connectivity index (χ1v) is 16.6. The molecule has 1 saturated carbocycles. The van der Waals surface area contributed by atoms with Crippen LogP contribution in [0.25, 0.3) is 0 Å². The van der Waals surface area contributed by atoms with E-state index >= 15 is 0 Å². The van der Waals surface area contributed by atoms with E-state index in [9.17, 15) is 24.6 Å². The molecule has 2 N–H and O–H groups in total. The van der Waals surface area contributed by atoms with Gasteiger partial charge in [-0.1, -0.05) is 35.9 Å². The molecule has 2 aliphatic carbocycles. The van der Waals surface area contributed by atoms with Gasteiger partial charge in [-0.05, 0) is 91.3 Å². The number of aryl methyl sites for hydroxylation is 1. The fourth-order valence-electron chi connectivity index (χ4n) is 8.11. The molecule has 2 heterocycles. The number of ether oxygens (including phenoxy) is 2. The quantitative estimate of drug-likeness (QED) is 0.356. The Morgan fingerprint density at radius 2 is 2.00 bits per heavy atom. The highest BCUT2D eigenvalue weighted by molar-refractivity contribution is 6.30.